The Hall–Kier alpha value is -3.04. The summed E-state index contributed by atoms with van der Waals surface area (Å²) in [5.41, 5.74) is 3.28. The molecule has 0 fully saturated rings. The van der Waals surface area contributed by atoms with Gasteiger partial charge in [-0.3, -0.25) is 0 Å². The molecular weight excluding hydrogens is 346 g/mol. The van der Waals surface area contributed by atoms with E-state index in [2.05, 4.69) is 31.5 Å². The summed E-state index contributed by atoms with van der Waals surface area (Å²) in [6, 6.07) is 16.2. The number of ether oxygens (including phenoxy) is 2. The molecule has 0 bridgehead atoms. The molecule has 0 heterocycles. The lowest BCUT2D eigenvalue weighted by molar-refractivity contribution is 0.273. The zero-order chi connectivity index (χ0) is 20.0. The van der Waals surface area contributed by atoms with Crippen LogP contribution in [0.2, 0.25) is 0 Å². The molecule has 0 aliphatic carbocycles. The molecule has 0 aliphatic heterocycles. The zero-order valence-corrected chi connectivity index (χ0v) is 16.6. The minimum atomic E-state index is 0.421. The summed E-state index contributed by atoms with van der Waals surface area (Å²) in [5.74, 6) is 1.46. The van der Waals surface area contributed by atoms with Crippen LogP contribution in [0.25, 0.3) is 0 Å². The molecule has 0 radical (unpaired) electrons. The first kappa shape index (κ1) is 21.3. The third-order valence-electron chi connectivity index (χ3n) is 4.00. The molecule has 0 saturated carbocycles. The SMILES string of the molecule is C=C/C=C\C(=C/C=C)COc1ccc(CNCC)cc1OCc1ccccc1. The zero-order valence-electron chi connectivity index (χ0n) is 16.6. The van der Waals surface area contributed by atoms with Gasteiger partial charge in [0, 0.05) is 6.54 Å². The Morgan fingerprint density at radius 2 is 1.79 bits per heavy atom. The number of hydrogen-bond donors (Lipinski definition) is 1. The van der Waals surface area contributed by atoms with Gasteiger partial charge in [0.25, 0.3) is 0 Å². The molecule has 0 atom stereocenters. The van der Waals surface area contributed by atoms with E-state index >= 15 is 0 Å². The van der Waals surface area contributed by atoms with Crippen molar-refractivity contribution in [2.24, 2.45) is 0 Å². The first-order valence-electron chi connectivity index (χ1n) is 9.50. The van der Waals surface area contributed by atoms with Crippen molar-refractivity contribution in [3.05, 3.63) is 109 Å². The summed E-state index contributed by atoms with van der Waals surface area (Å²) in [5, 5.41) is 3.34. The molecule has 0 aliphatic rings. The molecule has 0 unspecified atom stereocenters. The van der Waals surface area contributed by atoms with Gasteiger partial charge in [-0.05, 0) is 35.4 Å². The molecule has 28 heavy (non-hydrogen) atoms. The number of hydrogen-bond acceptors (Lipinski definition) is 3. The van der Waals surface area contributed by atoms with Crippen LogP contribution in [0, 0.1) is 0 Å². The van der Waals surface area contributed by atoms with Crippen molar-refractivity contribution in [3.8, 4) is 11.5 Å². The van der Waals surface area contributed by atoms with Crippen LogP contribution in [0.3, 0.4) is 0 Å². The second-order valence-corrected chi connectivity index (χ2v) is 6.20. The first-order valence-corrected chi connectivity index (χ1v) is 9.50. The van der Waals surface area contributed by atoms with Crippen molar-refractivity contribution < 1.29 is 9.47 Å². The lowest BCUT2D eigenvalue weighted by Crippen LogP contribution is -2.12. The van der Waals surface area contributed by atoms with E-state index < -0.39 is 0 Å². The Labute approximate surface area is 168 Å². The smallest absolute Gasteiger partial charge is 0.162 e. The summed E-state index contributed by atoms with van der Waals surface area (Å²) >= 11 is 0. The van der Waals surface area contributed by atoms with Crippen molar-refractivity contribution in [1.29, 1.82) is 0 Å². The van der Waals surface area contributed by atoms with E-state index in [-0.39, 0.29) is 0 Å². The average Bonchev–Trinajstić information content (AvgIpc) is 2.74. The van der Waals surface area contributed by atoms with Gasteiger partial charge in [-0.25, -0.2) is 0 Å². The van der Waals surface area contributed by atoms with Gasteiger partial charge >= 0.3 is 0 Å². The number of benzene rings is 2. The van der Waals surface area contributed by atoms with Gasteiger partial charge in [-0.15, -0.1) is 0 Å². The van der Waals surface area contributed by atoms with Crippen molar-refractivity contribution >= 4 is 0 Å². The van der Waals surface area contributed by atoms with Gasteiger partial charge < -0.3 is 14.8 Å². The Bertz CT molecular complexity index is 807. The van der Waals surface area contributed by atoms with Crippen molar-refractivity contribution in [2.75, 3.05) is 13.2 Å². The molecule has 2 aromatic rings. The summed E-state index contributed by atoms with van der Waals surface area (Å²) in [4.78, 5) is 0. The summed E-state index contributed by atoms with van der Waals surface area (Å²) in [7, 11) is 0. The summed E-state index contributed by atoms with van der Waals surface area (Å²) < 4.78 is 12.1. The van der Waals surface area contributed by atoms with Crippen LogP contribution >= 0.6 is 0 Å². The van der Waals surface area contributed by atoms with E-state index in [4.69, 9.17) is 9.47 Å². The maximum atomic E-state index is 6.09. The topological polar surface area (TPSA) is 30.5 Å². The Morgan fingerprint density at radius 1 is 0.964 bits per heavy atom. The van der Waals surface area contributed by atoms with Crippen LogP contribution in [0.15, 0.2) is 97.6 Å². The monoisotopic (exact) mass is 375 g/mol. The minimum Gasteiger partial charge on any atom is -0.485 e. The Kier molecular flexibility index (Phi) is 9.39. The highest BCUT2D eigenvalue weighted by atomic mass is 16.5. The van der Waals surface area contributed by atoms with E-state index in [0.717, 1.165) is 41.3 Å². The second kappa shape index (κ2) is 12.4. The first-order chi connectivity index (χ1) is 13.8. The van der Waals surface area contributed by atoms with Crippen molar-refractivity contribution in [1.82, 2.24) is 5.32 Å². The molecule has 2 aromatic carbocycles. The highest BCUT2D eigenvalue weighted by Gasteiger charge is 2.08. The lowest BCUT2D eigenvalue weighted by atomic mass is 10.2. The van der Waals surface area contributed by atoms with Crippen LogP contribution in [0.1, 0.15) is 18.1 Å². The number of rotatable bonds is 12. The molecule has 0 saturated heterocycles. The highest BCUT2D eigenvalue weighted by Crippen LogP contribution is 2.30. The Morgan fingerprint density at radius 3 is 2.50 bits per heavy atom. The number of allylic oxidation sites excluding steroid dienone is 4. The third-order valence-corrected chi connectivity index (χ3v) is 4.00. The van der Waals surface area contributed by atoms with E-state index in [1.54, 1.807) is 12.2 Å². The molecule has 2 rings (SSSR count). The molecule has 0 spiro atoms. The molecular formula is C25H29NO2. The molecule has 146 valence electrons. The van der Waals surface area contributed by atoms with Crippen molar-refractivity contribution in [3.63, 3.8) is 0 Å². The molecule has 1 N–H and O–H groups in total. The Balaban J connectivity index is 2.15. The predicted octanol–water partition coefficient (Wildman–Crippen LogP) is 5.61. The highest BCUT2D eigenvalue weighted by molar-refractivity contribution is 5.43. The quantitative estimate of drug-likeness (QED) is 0.489. The molecule has 0 aromatic heterocycles. The van der Waals surface area contributed by atoms with Crippen LogP contribution in [-0.4, -0.2) is 13.2 Å². The van der Waals surface area contributed by atoms with Crippen LogP contribution < -0.4 is 14.8 Å². The summed E-state index contributed by atoms with van der Waals surface area (Å²) in [6.45, 7) is 12.2. The van der Waals surface area contributed by atoms with E-state index in [1.807, 2.05) is 60.7 Å². The van der Waals surface area contributed by atoms with Gasteiger partial charge in [0.15, 0.2) is 11.5 Å². The third kappa shape index (κ3) is 7.29. The number of nitrogens with one attached hydrogen (secondary N) is 1. The van der Waals surface area contributed by atoms with Gasteiger partial charge in [0.1, 0.15) is 13.2 Å². The van der Waals surface area contributed by atoms with Gasteiger partial charge in [-0.2, -0.15) is 0 Å². The predicted molar refractivity (Wildman–Crippen MR) is 118 cm³/mol. The normalized spacial score (nSPS) is 11.4. The van der Waals surface area contributed by atoms with Crippen LogP contribution in [-0.2, 0) is 13.2 Å². The minimum absolute atomic E-state index is 0.421. The van der Waals surface area contributed by atoms with E-state index in [0.29, 0.717) is 13.2 Å². The van der Waals surface area contributed by atoms with Gasteiger partial charge in [0.2, 0.25) is 0 Å². The average molecular weight is 376 g/mol. The fourth-order valence-electron chi connectivity index (χ4n) is 2.56. The van der Waals surface area contributed by atoms with Gasteiger partial charge in [-0.1, -0.05) is 86.9 Å². The summed E-state index contributed by atoms with van der Waals surface area (Å²) in [6.07, 6.45) is 9.24. The van der Waals surface area contributed by atoms with Crippen LogP contribution in [0.4, 0.5) is 0 Å². The molecule has 0 amide bonds. The van der Waals surface area contributed by atoms with Crippen LogP contribution in [0.5, 0.6) is 11.5 Å². The maximum Gasteiger partial charge on any atom is 0.162 e. The maximum absolute atomic E-state index is 6.09. The fourth-order valence-corrected chi connectivity index (χ4v) is 2.56. The van der Waals surface area contributed by atoms with Gasteiger partial charge in [0.05, 0.1) is 0 Å². The standard InChI is InChI=1S/C25H29NO2/c1-4-7-12-21(11-5-2)19-27-24-16-15-23(18-26-6-3)17-25(24)28-20-22-13-9-8-10-14-22/h4-5,7-17,26H,1-2,6,18-20H2,3H3/b12-7-,21-11+. The van der Waals surface area contributed by atoms with E-state index in [1.165, 1.54) is 0 Å². The van der Waals surface area contributed by atoms with Crippen molar-refractivity contribution in [2.45, 2.75) is 20.1 Å². The molecule has 3 heteroatoms. The lowest BCUT2D eigenvalue weighted by Gasteiger charge is -2.15. The van der Waals surface area contributed by atoms with E-state index in [9.17, 15) is 0 Å². The molecule has 3 nitrogen and oxygen atoms in total. The largest absolute Gasteiger partial charge is 0.485 e. The fraction of sp³-hybridized carbons (Fsp3) is 0.200. The second-order valence-electron chi connectivity index (χ2n) is 6.20.